The Balaban J connectivity index is 1.18. The maximum absolute atomic E-state index is 13.6. The van der Waals surface area contributed by atoms with Crippen molar-refractivity contribution in [3.05, 3.63) is 89.5 Å². The molecule has 1 aliphatic carbocycles. The second kappa shape index (κ2) is 19.5. The number of benzene rings is 3. The van der Waals surface area contributed by atoms with E-state index in [0.717, 1.165) is 27.8 Å². The zero-order valence-electron chi connectivity index (χ0n) is 34.1. The first-order valence-electron chi connectivity index (χ1n) is 19.7. The average molecular weight is 798 g/mol. The molecular weight excluding hydrogens is 743 g/mol. The molecule has 1 heterocycles. The minimum Gasteiger partial charge on any atom is -0.488 e. The molecule has 0 bridgehead atoms. The molecule has 5 rings (SSSR count). The highest BCUT2D eigenvalue weighted by Crippen LogP contribution is 2.44. The second-order valence-corrected chi connectivity index (χ2v) is 16.0. The molecule has 2 aliphatic rings. The van der Waals surface area contributed by atoms with Gasteiger partial charge in [-0.05, 0) is 85.9 Å². The molecule has 5 amide bonds. The summed E-state index contributed by atoms with van der Waals surface area (Å²) in [6.07, 6.45) is 0.642. The lowest BCUT2D eigenvalue weighted by Crippen LogP contribution is -2.53. The molecule has 3 aromatic rings. The lowest BCUT2D eigenvalue weighted by molar-refractivity contribution is -0.146. The topological polar surface area (TPSA) is 181 Å². The number of rotatable bonds is 16. The number of amides is 5. The smallest absolute Gasteiger partial charge is 0.407 e. The summed E-state index contributed by atoms with van der Waals surface area (Å²) in [4.78, 5) is 79.7. The molecule has 58 heavy (non-hydrogen) atoms. The van der Waals surface area contributed by atoms with Crippen LogP contribution in [-0.4, -0.2) is 97.7 Å². The highest BCUT2D eigenvalue weighted by Gasteiger charge is 2.36. The van der Waals surface area contributed by atoms with Gasteiger partial charge in [0, 0.05) is 18.9 Å². The van der Waals surface area contributed by atoms with Gasteiger partial charge in [-0.25, -0.2) is 9.59 Å². The number of esters is 1. The fourth-order valence-corrected chi connectivity index (χ4v) is 7.34. The number of carbonyl (C=O) groups excluding carboxylic acids is 6. The number of alkyl carbamates (subject to hydrolysis) is 1. The lowest BCUT2D eigenvalue weighted by Gasteiger charge is -2.26. The molecule has 0 radical (unpaired) electrons. The first-order chi connectivity index (χ1) is 27.6. The molecule has 1 aliphatic heterocycles. The Kier molecular flexibility index (Phi) is 14.5. The number of fused-ring (bicyclic) bond motifs is 3. The second-order valence-electron chi connectivity index (χ2n) is 16.0. The fraction of sp³-hybridized carbons (Fsp3) is 0.455. The molecule has 3 aromatic carbocycles. The molecule has 4 N–H and O–H groups in total. The molecule has 14 nitrogen and oxygen atoms in total. The Hall–Kier alpha value is -5.92. The SMILES string of the molecule is COC(=O)[C@H](CC(C)C)NC(=O)[C@@H]1CCCN1C(=O)CNC(=O)CNC(=O)[C@H](Cc1ccc(OC(C)(C)C)cc1)NC(=O)OCC1c2ccccc2-c2ccccc21. The van der Waals surface area contributed by atoms with Gasteiger partial charge in [0.15, 0.2) is 0 Å². The van der Waals surface area contributed by atoms with Crippen molar-refractivity contribution in [1.29, 1.82) is 0 Å². The molecular formula is C44H55N5O9. The van der Waals surface area contributed by atoms with Crippen LogP contribution in [0.25, 0.3) is 11.1 Å². The van der Waals surface area contributed by atoms with Gasteiger partial charge in [0.1, 0.15) is 36.1 Å². The summed E-state index contributed by atoms with van der Waals surface area (Å²) in [5.41, 5.74) is 4.57. The number of likely N-dealkylation sites (tertiary alicyclic amines) is 1. The fourth-order valence-electron chi connectivity index (χ4n) is 7.34. The van der Waals surface area contributed by atoms with Crippen LogP contribution < -0.4 is 26.0 Å². The Morgan fingerprint density at radius 2 is 1.45 bits per heavy atom. The van der Waals surface area contributed by atoms with Gasteiger partial charge < -0.3 is 40.4 Å². The van der Waals surface area contributed by atoms with E-state index in [1.807, 2.05) is 83.1 Å². The van der Waals surface area contributed by atoms with Crippen molar-refractivity contribution in [2.45, 2.75) is 89.9 Å². The number of hydrogen-bond acceptors (Lipinski definition) is 9. The van der Waals surface area contributed by atoms with Gasteiger partial charge in [-0.1, -0.05) is 74.5 Å². The molecule has 1 saturated heterocycles. The lowest BCUT2D eigenvalue weighted by atomic mass is 9.98. The quantitative estimate of drug-likeness (QED) is 0.154. The predicted octanol–water partition coefficient (Wildman–Crippen LogP) is 4.24. The van der Waals surface area contributed by atoms with Crippen LogP contribution in [0.3, 0.4) is 0 Å². The van der Waals surface area contributed by atoms with Crippen molar-refractivity contribution in [3.8, 4) is 16.9 Å². The molecule has 0 spiro atoms. The maximum Gasteiger partial charge on any atom is 0.407 e. The largest absolute Gasteiger partial charge is 0.488 e. The Labute approximate surface area is 339 Å². The molecule has 3 atom stereocenters. The monoisotopic (exact) mass is 797 g/mol. The molecule has 1 fully saturated rings. The summed E-state index contributed by atoms with van der Waals surface area (Å²) in [5.74, 6) is -2.22. The number of methoxy groups -OCH3 is 1. The van der Waals surface area contributed by atoms with Crippen LogP contribution in [0.2, 0.25) is 0 Å². The number of hydrogen-bond donors (Lipinski definition) is 4. The van der Waals surface area contributed by atoms with Crippen LogP contribution in [0.5, 0.6) is 5.75 Å². The standard InChI is InChI=1S/C44H55N5O9/c1-27(2)22-36(42(54)56-6)47-41(53)37-16-11-21-49(37)39(51)25-45-38(50)24-46-40(52)35(23-28-17-19-29(20-18-28)58-44(3,4)5)48-43(55)57-26-34-32-14-9-7-12-30(32)31-13-8-10-15-33(31)34/h7-10,12-15,17-20,27,34-37H,11,16,21-26H2,1-6H3,(H,45,50)(H,46,52)(H,47,53)(H,48,55)/t35-,36-,37-/m0/s1. The first-order valence-corrected chi connectivity index (χ1v) is 19.7. The summed E-state index contributed by atoms with van der Waals surface area (Å²) in [6.45, 7) is 9.12. The van der Waals surface area contributed by atoms with Crippen molar-refractivity contribution in [2.24, 2.45) is 5.92 Å². The zero-order valence-corrected chi connectivity index (χ0v) is 34.1. The van der Waals surface area contributed by atoms with E-state index >= 15 is 0 Å². The van der Waals surface area contributed by atoms with Gasteiger partial charge in [-0.3, -0.25) is 19.2 Å². The number of ether oxygens (including phenoxy) is 3. The number of nitrogens with zero attached hydrogens (tertiary/aromatic N) is 1. The Bertz CT molecular complexity index is 1910. The van der Waals surface area contributed by atoms with Gasteiger partial charge in [-0.15, -0.1) is 0 Å². The highest BCUT2D eigenvalue weighted by atomic mass is 16.5. The van der Waals surface area contributed by atoms with E-state index in [0.29, 0.717) is 31.6 Å². The van der Waals surface area contributed by atoms with Crippen molar-refractivity contribution in [2.75, 3.05) is 33.4 Å². The van der Waals surface area contributed by atoms with E-state index in [4.69, 9.17) is 14.2 Å². The summed E-state index contributed by atoms with van der Waals surface area (Å²) in [5, 5.41) is 10.5. The predicted molar refractivity (Wildman–Crippen MR) is 217 cm³/mol. The minimum atomic E-state index is -1.12. The maximum atomic E-state index is 13.6. The van der Waals surface area contributed by atoms with Crippen LogP contribution in [-0.2, 0) is 39.9 Å². The van der Waals surface area contributed by atoms with Gasteiger partial charge >= 0.3 is 12.1 Å². The van der Waals surface area contributed by atoms with Gasteiger partial charge in [0.25, 0.3) is 0 Å². The Morgan fingerprint density at radius 3 is 2.05 bits per heavy atom. The Morgan fingerprint density at radius 1 is 0.810 bits per heavy atom. The van der Waals surface area contributed by atoms with E-state index in [1.54, 1.807) is 24.3 Å². The molecule has 310 valence electrons. The van der Waals surface area contributed by atoms with Crippen LogP contribution in [0.1, 0.15) is 76.5 Å². The third-order valence-corrected chi connectivity index (χ3v) is 9.98. The van der Waals surface area contributed by atoms with Gasteiger partial charge in [0.05, 0.1) is 20.2 Å². The molecule has 0 saturated carbocycles. The van der Waals surface area contributed by atoms with E-state index in [9.17, 15) is 28.8 Å². The molecule has 0 aromatic heterocycles. The number of carbonyl (C=O) groups is 6. The average Bonchev–Trinajstić information content (AvgIpc) is 3.81. The molecule has 0 unspecified atom stereocenters. The van der Waals surface area contributed by atoms with Gasteiger partial charge in [-0.2, -0.15) is 0 Å². The van der Waals surface area contributed by atoms with Crippen LogP contribution >= 0.6 is 0 Å². The normalized spacial score (nSPS) is 15.7. The number of nitrogens with one attached hydrogen (secondary N) is 4. The minimum absolute atomic E-state index is 0.0484. The molecule has 14 heteroatoms. The van der Waals surface area contributed by atoms with E-state index in [2.05, 4.69) is 21.3 Å². The third kappa shape index (κ3) is 11.6. The first kappa shape index (κ1) is 43.2. The summed E-state index contributed by atoms with van der Waals surface area (Å²) < 4.78 is 16.5. The zero-order chi connectivity index (χ0) is 42.0. The van der Waals surface area contributed by atoms with Crippen molar-refractivity contribution < 1.29 is 43.0 Å². The summed E-state index contributed by atoms with van der Waals surface area (Å²) in [6, 6.07) is 20.3. The van der Waals surface area contributed by atoms with E-state index < -0.39 is 72.5 Å². The summed E-state index contributed by atoms with van der Waals surface area (Å²) >= 11 is 0. The van der Waals surface area contributed by atoms with Crippen LogP contribution in [0.15, 0.2) is 72.8 Å². The highest BCUT2D eigenvalue weighted by molar-refractivity contribution is 5.94. The van der Waals surface area contributed by atoms with Crippen molar-refractivity contribution in [3.63, 3.8) is 0 Å². The van der Waals surface area contributed by atoms with Crippen LogP contribution in [0, 0.1) is 5.92 Å². The van der Waals surface area contributed by atoms with E-state index in [-0.39, 0.29) is 24.9 Å². The summed E-state index contributed by atoms with van der Waals surface area (Å²) in [7, 11) is 1.25. The van der Waals surface area contributed by atoms with Crippen molar-refractivity contribution >= 4 is 35.7 Å². The third-order valence-electron chi connectivity index (χ3n) is 9.98. The van der Waals surface area contributed by atoms with Crippen molar-refractivity contribution in [1.82, 2.24) is 26.2 Å². The van der Waals surface area contributed by atoms with Gasteiger partial charge in [0.2, 0.25) is 23.6 Å². The van der Waals surface area contributed by atoms with Crippen LogP contribution in [0.4, 0.5) is 4.79 Å². The van der Waals surface area contributed by atoms with E-state index in [1.165, 1.54) is 12.0 Å².